The van der Waals surface area contributed by atoms with E-state index >= 15 is 0 Å². The molecule has 0 saturated carbocycles. The second-order valence-corrected chi connectivity index (χ2v) is 10.6. The first-order chi connectivity index (χ1) is 16.2. The smallest absolute Gasteiger partial charge is 0.394 e. The Balaban J connectivity index is 1.60. The van der Waals surface area contributed by atoms with E-state index in [1.807, 2.05) is 4.98 Å². The molecule has 0 amide bonds. The third-order valence-corrected chi connectivity index (χ3v) is 7.62. The molecule has 2 aliphatic heterocycles. The molecule has 3 heterocycles. The predicted octanol–water partition coefficient (Wildman–Crippen LogP) is -3.76. The zero-order valence-electron chi connectivity index (χ0n) is 17.5. The van der Waals surface area contributed by atoms with E-state index in [1.54, 1.807) is 0 Å². The second kappa shape index (κ2) is 11.0. The minimum absolute atomic E-state index is 0.225. The normalized spacial score (nSPS) is 37.0. The Morgan fingerprint density at radius 3 is 2.37 bits per heavy atom. The number of nitrogens with one attached hydrogen (secondary N) is 1. The van der Waals surface area contributed by atoms with Crippen LogP contribution in [-0.2, 0) is 32.0 Å². The van der Waals surface area contributed by atoms with E-state index in [1.165, 1.54) is 0 Å². The van der Waals surface area contributed by atoms with Crippen molar-refractivity contribution in [2.24, 2.45) is 0 Å². The number of aromatic nitrogens is 2. The van der Waals surface area contributed by atoms with Gasteiger partial charge in [-0.25, -0.2) is 13.9 Å². The summed E-state index contributed by atoms with van der Waals surface area (Å²) in [6.45, 7) is -1.63. The lowest BCUT2D eigenvalue weighted by Gasteiger charge is -2.36. The van der Waals surface area contributed by atoms with Crippen molar-refractivity contribution in [3.63, 3.8) is 0 Å². The average molecular weight is 550 g/mol. The molecular formula is C15H24N2O16P2. The molecule has 18 nitrogen and oxygen atoms in total. The first-order valence-corrected chi connectivity index (χ1v) is 12.9. The fourth-order valence-electron chi connectivity index (χ4n) is 3.32. The highest BCUT2D eigenvalue weighted by atomic mass is 31.3. The van der Waals surface area contributed by atoms with Crippen molar-refractivity contribution in [2.45, 2.75) is 55.6 Å². The van der Waals surface area contributed by atoms with Gasteiger partial charge in [-0.15, -0.1) is 0 Å². The van der Waals surface area contributed by atoms with Crippen molar-refractivity contribution in [1.29, 1.82) is 0 Å². The molecule has 1 aromatic rings. The van der Waals surface area contributed by atoms with Crippen LogP contribution < -0.4 is 11.2 Å². The summed E-state index contributed by atoms with van der Waals surface area (Å²) >= 11 is 0. The highest BCUT2D eigenvalue weighted by Gasteiger charge is 2.47. The van der Waals surface area contributed by atoms with Gasteiger partial charge in [-0.05, 0) is 0 Å². The lowest BCUT2D eigenvalue weighted by Crippen LogP contribution is -2.50. The Hall–Kier alpha value is -1.34. The van der Waals surface area contributed by atoms with Gasteiger partial charge in [0.05, 0.1) is 25.4 Å². The highest BCUT2D eigenvalue weighted by molar-refractivity contribution is 7.61. The number of phosphoric ester groups is 2. The highest BCUT2D eigenvalue weighted by Crippen LogP contribution is 2.61. The summed E-state index contributed by atoms with van der Waals surface area (Å²) in [6, 6.07) is 0.941. The van der Waals surface area contributed by atoms with E-state index in [9.17, 15) is 48.9 Å². The first kappa shape index (κ1) is 28.2. The molecule has 35 heavy (non-hydrogen) atoms. The lowest BCUT2D eigenvalue weighted by atomic mass is 10.0. The van der Waals surface area contributed by atoms with Crippen LogP contribution in [0.25, 0.3) is 0 Å². The van der Waals surface area contributed by atoms with Crippen LogP contribution in [-0.4, -0.2) is 101 Å². The number of rotatable bonds is 9. The summed E-state index contributed by atoms with van der Waals surface area (Å²) in [6.07, 6.45) is -12.3. The van der Waals surface area contributed by atoms with Gasteiger partial charge >= 0.3 is 21.3 Å². The van der Waals surface area contributed by atoms with Gasteiger partial charge in [-0.2, -0.15) is 4.31 Å². The SMILES string of the molecule is O=c1ccn([C@@H]2O[C@H](COP(=O)(O)OP(=O)(O)O[C@H]3O[C@H](CO)C[C@H](O)[C@H]3O)[C@@H](O)[C@H]2O)c(=O)[nH]1. The summed E-state index contributed by atoms with van der Waals surface area (Å²) in [7, 11) is -10.9. The molecule has 0 spiro atoms. The molecule has 2 saturated heterocycles. The van der Waals surface area contributed by atoms with Crippen molar-refractivity contribution in [3.05, 3.63) is 33.1 Å². The number of hydrogen-bond acceptors (Lipinski definition) is 14. The van der Waals surface area contributed by atoms with Crippen LogP contribution in [0.15, 0.2) is 21.9 Å². The zero-order chi connectivity index (χ0) is 26.1. The molecular weight excluding hydrogens is 526 g/mol. The zero-order valence-corrected chi connectivity index (χ0v) is 19.3. The fraction of sp³-hybridized carbons (Fsp3) is 0.733. The van der Waals surface area contributed by atoms with Crippen LogP contribution >= 0.6 is 15.6 Å². The largest absolute Gasteiger partial charge is 0.483 e. The van der Waals surface area contributed by atoms with Gasteiger partial charge in [0, 0.05) is 18.7 Å². The average Bonchev–Trinajstić information content (AvgIpc) is 3.03. The van der Waals surface area contributed by atoms with Crippen molar-refractivity contribution in [2.75, 3.05) is 13.2 Å². The number of nitrogens with zero attached hydrogens (tertiary/aromatic N) is 1. The summed E-state index contributed by atoms with van der Waals surface area (Å²) in [5, 5.41) is 48.9. The Morgan fingerprint density at radius 2 is 1.74 bits per heavy atom. The quantitative estimate of drug-likeness (QED) is 0.137. The predicted molar refractivity (Wildman–Crippen MR) is 107 cm³/mol. The molecule has 10 atom stereocenters. The number of aromatic amines is 1. The van der Waals surface area contributed by atoms with Crippen LogP contribution in [0.3, 0.4) is 0 Å². The van der Waals surface area contributed by atoms with E-state index in [-0.39, 0.29) is 6.42 Å². The van der Waals surface area contributed by atoms with Crippen LogP contribution in [0.4, 0.5) is 0 Å². The third-order valence-electron chi connectivity index (χ3n) is 5.02. The molecule has 2 aliphatic rings. The summed E-state index contributed by atoms with van der Waals surface area (Å²) in [5.41, 5.74) is -1.72. The maximum Gasteiger partial charge on any atom is 0.483 e. The molecule has 0 aliphatic carbocycles. The van der Waals surface area contributed by atoms with Gasteiger partial charge in [0.15, 0.2) is 12.5 Å². The van der Waals surface area contributed by atoms with Crippen LogP contribution in [0.2, 0.25) is 0 Å². The number of hydrogen-bond donors (Lipinski definition) is 8. The molecule has 2 unspecified atom stereocenters. The number of aliphatic hydroxyl groups is 5. The van der Waals surface area contributed by atoms with Crippen molar-refractivity contribution < 1.29 is 67.3 Å². The topological polar surface area (TPSA) is 277 Å². The van der Waals surface area contributed by atoms with Gasteiger partial charge in [0.1, 0.15) is 24.4 Å². The molecule has 200 valence electrons. The van der Waals surface area contributed by atoms with Crippen LogP contribution in [0, 0.1) is 0 Å². The summed E-state index contributed by atoms with van der Waals surface area (Å²) in [4.78, 5) is 44.5. The first-order valence-electron chi connectivity index (χ1n) is 9.88. The van der Waals surface area contributed by atoms with E-state index in [0.29, 0.717) is 0 Å². The fourth-order valence-corrected chi connectivity index (χ4v) is 5.48. The molecule has 0 radical (unpaired) electrons. The standard InChI is InChI=1S/C15H24N2O16P2/c18-4-6-3-7(19)10(21)14(30-6)32-35(27,28)33-34(25,26)29-5-8-11(22)12(23)13(31-8)17-2-1-9(20)16-15(17)24/h1-2,6-8,10-14,18-19,21-23H,3-5H2,(H,25,26)(H,27,28)(H,16,20,24)/t6-,7-,8+,10+,11+,12+,13+,14+/m0/s1. The van der Waals surface area contributed by atoms with Gasteiger partial charge < -0.3 is 44.8 Å². The Morgan fingerprint density at radius 1 is 1.06 bits per heavy atom. The molecule has 1 aromatic heterocycles. The number of aliphatic hydroxyl groups excluding tert-OH is 5. The van der Waals surface area contributed by atoms with E-state index in [0.717, 1.165) is 16.8 Å². The number of phosphoric acid groups is 2. The maximum absolute atomic E-state index is 12.1. The van der Waals surface area contributed by atoms with Gasteiger partial charge in [0.2, 0.25) is 0 Å². The molecule has 8 N–H and O–H groups in total. The van der Waals surface area contributed by atoms with Gasteiger partial charge in [0.25, 0.3) is 5.56 Å². The maximum atomic E-state index is 12.1. The Labute approximate surface area is 195 Å². The van der Waals surface area contributed by atoms with Crippen LogP contribution in [0.1, 0.15) is 12.6 Å². The Kier molecular flexibility index (Phi) is 8.84. The van der Waals surface area contributed by atoms with E-state index in [4.69, 9.17) is 14.6 Å². The molecule has 2 fully saturated rings. The molecule has 20 heteroatoms. The summed E-state index contributed by atoms with van der Waals surface area (Å²) in [5.74, 6) is 0. The van der Waals surface area contributed by atoms with Crippen molar-refractivity contribution in [1.82, 2.24) is 9.55 Å². The molecule has 0 bridgehead atoms. The van der Waals surface area contributed by atoms with E-state index < -0.39 is 89.2 Å². The van der Waals surface area contributed by atoms with Crippen molar-refractivity contribution in [3.8, 4) is 0 Å². The van der Waals surface area contributed by atoms with Crippen LogP contribution in [0.5, 0.6) is 0 Å². The summed E-state index contributed by atoms with van der Waals surface area (Å²) < 4.78 is 48.3. The number of H-pyrrole nitrogens is 1. The third kappa shape index (κ3) is 6.91. The van der Waals surface area contributed by atoms with Gasteiger partial charge in [-0.1, -0.05) is 0 Å². The van der Waals surface area contributed by atoms with Crippen molar-refractivity contribution >= 4 is 15.6 Å². The minimum Gasteiger partial charge on any atom is -0.394 e. The monoisotopic (exact) mass is 550 g/mol. The second-order valence-electron chi connectivity index (χ2n) is 7.59. The van der Waals surface area contributed by atoms with E-state index in [2.05, 4.69) is 13.4 Å². The van der Waals surface area contributed by atoms with Gasteiger partial charge in [-0.3, -0.25) is 23.4 Å². The lowest BCUT2D eigenvalue weighted by molar-refractivity contribution is -0.244. The number of ether oxygens (including phenoxy) is 2. The minimum atomic E-state index is -5.49. The molecule has 0 aromatic carbocycles. The Bertz CT molecular complexity index is 1090. The molecule has 3 rings (SSSR count).